The molecule has 112 valence electrons. The molecule has 0 aliphatic heterocycles. The van der Waals surface area contributed by atoms with E-state index in [1.807, 2.05) is 0 Å². The molecule has 0 N–H and O–H groups in total. The first-order valence-corrected chi connectivity index (χ1v) is 9.10. The molecule has 0 heterocycles. The second-order valence-electron chi connectivity index (χ2n) is 4.47. The van der Waals surface area contributed by atoms with E-state index >= 15 is 0 Å². The zero-order valence-corrected chi connectivity index (χ0v) is 13.3. The maximum atomic E-state index is 11.1. The molecule has 0 amide bonds. The van der Waals surface area contributed by atoms with Crippen molar-refractivity contribution in [2.75, 3.05) is 19.1 Å². The number of sulfone groups is 1. The molecule has 0 fully saturated rings. The fourth-order valence-electron chi connectivity index (χ4n) is 1.59. The van der Waals surface area contributed by atoms with Crippen molar-refractivity contribution in [3.8, 4) is 0 Å². The number of hydrogen-bond donors (Lipinski definition) is 0. The number of ether oxygens (including phenoxy) is 1. The summed E-state index contributed by atoms with van der Waals surface area (Å²) in [7, 11) is -1.65. The number of methoxy groups -OCH3 is 1. The zero-order valence-electron chi connectivity index (χ0n) is 11.7. The summed E-state index contributed by atoms with van der Waals surface area (Å²) in [6, 6.07) is 0. The highest BCUT2D eigenvalue weighted by Crippen LogP contribution is 2.22. The van der Waals surface area contributed by atoms with Crippen LogP contribution in [-0.2, 0) is 24.2 Å². The van der Waals surface area contributed by atoms with Gasteiger partial charge >= 0.3 is 5.97 Å². The highest BCUT2D eigenvalue weighted by molar-refractivity contribution is 8.14. The van der Waals surface area contributed by atoms with Crippen LogP contribution in [0.3, 0.4) is 0 Å². The molecular weight excluding hydrogens is 288 g/mol. The summed E-state index contributed by atoms with van der Waals surface area (Å²) in [5.74, 6) is -0.151. The smallest absolute Gasteiger partial charge is 0.305 e. The Bertz CT molecular complexity index is 389. The van der Waals surface area contributed by atoms with Crippen LogP contribution in [0.2, 0.25) is 0 Å². The summed E-state index contributed by atoms with van der Waals surface area (Å²) >= 11 is 1.19. The first kappa shape index (κ1) is 18.4. The van der Waals surface area contributed by atoms with Crippen molar-refractivity contribution in [1.29, 1.82) is 0 Å². The Morgan fingerprint density at radius 1 is 1.21 bits per heavy atom. The average molecular weight is 310 g/mol. The highest BCUT2D eigenvalue weighted by Gasteiger charge is 2.15. The van der Waals surface area contributed by atoms with Crippen molar-refractivity contribution in [3.05, 3.63) is 0 Å². The third kappa shape index (κ3) is 12.2. The van der Waals surface area contributed by atoms with E-state index in [1.54, 1.807) is 0 Å². The lowest BCUT2D eigenvalue weighted by Gasteiger charge is -2.13. The molecule has 19 heavy (non-hydrogen) atoms. The van der Waals surface area contributed by atoms with Gasteiger partial charge in [-0.15, -0.1) is 0 Å². The third-order valence-corrected chi connectivity index (χ3v) is 4.64. The van der Waals surface area contributed by atoms with Gasteiger partial charge in [-0.3, -0.25) is 9.59 Å². The lowest BCUT2D eigenvalue weighted by atomic mass is 10.1. The summed E-state index contributed by atoms with van der Waals surface area (Å²) in [6.45, 7) is 1.48. The highest BCUT2D eigenvalue weighted by atomic mass is 32.2. The fraction of sp³-hybridized carbons (Fsp3) is 0.833. The van der Waals surface area contributed by atoms with Gasteiger partial charge in [0.25, 0.3) is 0 Å². The van der Waals surface area contributed by atoms with Crippen molar-refractivity contribution in [2.24, 2.45) is 0 Å². The van der Waals surface area contributed by atoms with Gasteiger partial charge in [0.2, 0.25) is 0 Å². The first-order chi connectivity index (χ1) is 8.74. The van der Waals surface area contributed by atoms with Gasteiger partial charge in [-0.25, -0.2) is 8.42 Å². The molecule has 5 nitrogen and oxygen atoms in total. The van der Waals surface area contributed by atoms with E-state index in [0.29, 0.717) is 19.3 Å². The number of carbonyl (C=O) groups is 2. The van der Waals surface area contributed by atoms with Crippen molar-refractivity contribution in [1.82, 2.24) is 0 Å². The van der Waals surface area contributed by atoms with Crippen molar-refractivity contribution >= 4 is 32.7 Å². The molecule has 0 unspecified atom stereocenters. The maximum absolute atomic E-state index is 11.1. The maximum Gasteiger partial charge on any atom is 0.305 e. The van der Waals surface area contributed by atoms with Gasteiger partial charge in [-0.05, 0) is 19.3 Å². The molecule has 0 spiro atoms. The molecule has 0 saturated heterocycles. The normalized spacial score (nSPS) is 13.0. The predicted octanol–water partition coefficient (Wildman–Crippen LogP) is 1.80. The van der Waals surface area contributed by atoms with Gasteiger partial charge in [0.15, 0.2) is 5.12 Å². The summed E-state index contributed by atoms with van der Waals surface area (Å²) in [5.41, 5.74) is 0. The number of rotatable bonds is 9. The number of hydrogen-bond acceptors (Lipinski definition) is 6. The van der Waals surface area contributed by atoms with E-state index in [0.717, 1.165) is 12.8 Å². The van der Waals surface area contributed by atoms with Crippen LogP contribution in [0.25, 0.3) is 0 Å². The fourth-order valence-corrected chi connectivity index (χ4v) is 3.44. The quantitative estimate of drug-likeness (QED) is 0.477. The minimum Gasteiger partial charge on any atom is -0.469 e. The van der Waals surface area contributed by atoms with Gasteiger partial charge in [0.1, 0.15) is 9.84 Å². The van der Waals surface area contributed by atoms with E-state index in [1.165, 1.54) is 32.1 Å². The monoisotopic (exact) mass is 310 g/mol. The zero-order chi connectivity index (χ0) is 14.9. The Balaban J connectivity index is 4.06. The van der Waals surface area contributed by atoms with Gasteiger partial charge < -0.3 is 4.74 Å². The molecule has 0 radical (unpaired) electrons. The van der Waals surface area contributed by atoms with Crippen LogP contribution in [0.15, 0.2) is 0 Å². The van der Waals surface area contributed by atoms with Crippen LogP contribution in [0, 0.1) is 0 Å². The first-order valence-electron chi connectivity index (χ1n) is 6.16. The second kappa shape index (κ2) is 9.36. The summed E-state index contributed by atoms with van der Waals surface area (Å²) < 4.78 is 26.8. The Kier molecular flexibility index (Phi) is 9.08. The van der Waals surface area contributed by atoms with Crippen molar-refractivity contribution < 1.29 is 22.7 Å². The van der Waals surface area contributed by atoms with Gasteiger partial charge in [-0.1, -0.05) is 18.2 Å². The molecule has 0 aliphatic carbocycles. The SMILES string of the molecule is COC(=O)CCCC[C@H](CCS(C)(=O)=O)SC(C)=O. The van der Waals surface area contributed by atoms with Crippen LogP contribution >= 0.6 is 11.8 Å². The molecule has 0 aromatic heterocycles. The topological polar surface area (TPSA) is 77.5 Å². The van der Waals surface area contributed by atoms with Crippen molar-refractivity contribution in [3.63, 3.8) is 0 Å². The molecule has 1 atom stereocenters. The Morgan fingerprint density at radius 3 is 2.32 bits per heavy atom. The molecule has 0 aromatic carbocycles. The minimum absolute atomic E-state index is 0.00451. The van der Waals surface area contributed by atoms with E-state index in [4.69, 9.17) is 0 Å². The molecule has 0 rings (SSSR count). The van der Waals surface area contributed by atoms with Crippen LogP contribution in [0.5, 0.6) is 0 Å². The van der Waals surface area contributed by atoms with Crippen LogP contribution in [-0.4, -0.2) is 43.9 Å². The van der Waals surface area contributed by atoms with Gasteiger partial charge in [0.05, 0.1) is 12.9 Å². The summed E-state index contributed by atoms with van der Waals surface area (Å²) in [4.78, 5) is 22.0. The third-order valence-electron chi connectivity index (χ3n) is 2.53. The number of carbonyl (C=O) groups excluding carboxylic acids is 2. The largest absolute Gasteiger partial charge is 0.469 e. The molecular formula is C12H22O5S2. The minimum atomic E-state index is -3.00. The molecule has 0 saturated carbocycles. The van der Waals surface area contributed by atoms with Crippen molar-refractivity contribution in [2.45, 2.75) is 44.3 Å². The lowest BCUT2D eigenvalue weighted by Crippen LogP contribution is -2.13. The van der Waals surface area contributed by atoms with E-state index in [2.05, 4.69) is 4.74 Å². The van der Waals surface area contributed by atoms with Crippen LogP contribution in [0.4, 0.5) is 0 Å². The van der Waals surface area contributed by atoms with E-state index in [-0.39, 0.29) is 22.1 Å². The average Bonchev–Trinajstić information content (AvgIpc) is 2.29. The second-order valence-corrected chi connectivity index (χ2v) is 8.21. The number of unbranched alkanes of at least 4 members (excludes halogenated alkanes) is 1. The predicted molar refractivity (Wildman–Crippen MR) is 76.9 cm³/mol. The Morgan fingerprint density at radius 2 is 1.84 bits per heavy atom. The molecule has 0 aliphatic rings. The van der Waals surface area contributed by atoms with E-state index < -0.39 is 9.84 Å². The van der Waals surface area contributed by atoms with Gasteiger partial charge in [0, 0.05) is 24.9 Å². The number of esters is 1. The molecule has 0 aromatic rings. The molecule has 7 heteroatoms. The Labute approximate surface area is 119 Å². The molecule has 0 bridgehead atoms. The van der Waals surface area contributed by atoms with E-state index in [9.17, 15) is 18.0 Å². The number of thioether (sulfide) groups is 1. The van der Waals surface area contributed by atoms with Crippen LogP contribution < -0.4 is 0 Å². The Hall–Kier alpha value is -0.560. The summed E-state index contributed by atoms with van der Waals surface area (Å²) in [5, 5.41) is -0.00339. The summed E-state index contributed by atoms with van der Waals surface area (Å²) in [6.07, 6.45) is 4.24. The van der Waals surface area contributed by atoms with Crippen LogP contribution in [0.1, 0.15) is 39.0 Å². The lowest BCUT2D eigenvalue weighted by molar-refractivity contribution is -0.140. The van der Waals surface area contributed by atoms with Gasteiger partial charge in [-0.2, -0.15) is 0 Å². The standard InChI is InChI=1S/C12H22O5S2/c1-10(13)18-11(8-9-19(3,15)16)6-4-5-7-12(14)17-2/h11H,4-9H2,1-3H3/t11-/m1/s1.